The van der Waals surface area contributed by atoms with E-state index in [1.54, 1.807) is 4.98 Å². The number of aromatic nitrogens is 3. The molecule has 166 valence electrons. The number of nitrogens with zero attached hydrogens (tertiary/aromatic N) is 2. The summed E-state index contributed by atoms with van der Waals surface area (Å²) in [4.78, 5) is 65.3. The zero-order valence-electron chi connectivity index (χ0n) is 13.6. The predicted molar refractivity (Wildman–Crippen MR) is 78.2 cm³/mol. The van der Waals surface area contributed by atoms with E-state index in [2.05, 4.69) is 18.2 Å². The van der Waals surface area contributed by atoms with Gasteiger partial charge in [0.05, 0.1) is 14.4 Å². The SMILES string of the molecule is O=c1cnn(C2OC(COP(=O)(O)OP(=O)([O-])OP(=O)([O-])[O-])C(O)C2O)c(=O)[nH]1. The first-order valence-electron chi connectivity index (χ1n) is 7.03. The molecule has 0 aromatic carbocycles. The van der Waals surface area contributed by atoms with Gasteiger partial charge in [-0.2, -0.15) is 9.78 Å². The average molecular weight is 482 g/mol. The number of phosphoric ester groups is 1. The molecule has 21 heteroatoms. The van der Waals surface area contributed by atoms with Crippen molar-refractivity contribution in [1.29, 1.82) is 0 Å². The molecule has 1 aromatic heterocycles. The van der Waals surface area contributed by atoms with Crippen LogP contribution in [0.15, 0.2) is 15.8 Å². The van der Waals surface area contributed by atoms with Crippen molar-refractivity contribution in [2.45, 2.75) is 24.5 Å². The number of H-pyrrole nitrogens is 1. The number of hydrogen-bond donors (Lipinski definition) is 4. The normalized spacial score (nSPS) is 29.3. The summed E-state index contributed by atoms with van der Waals surface area (Å²) >= 11 is 0. The van der Waals surface area contributed by atoms with Crippen molar-refractivity contribution in [1.82, 2.24) is 14.8 Å². The van der Waals surface area contributed by atoms with Crippen LogP contribution >= 0.6 is 23.5 Å². The molecule has 0 spiro atoms. The number of rotatable bonds is 8. The number of hydrogen-bond acceptors (Lipinski definition) is 15. The van der Waals surface area contributed by atoms with Gasteiger partial charge in [-0.1, -0.05) is 0 Å². The number of nitrogens with one attached hydrogen (secondary N) is 1. The van der Waals surface area contributed by atoms with Crippen LogP contribution in [0.1, 0.15) is 6.23 Å². The molecule has 6 atom stereocenters. The Morgan fingerprint density at radius 3 is 2.34 bits per heavy atom. The summed E-state index contributed by atoms with van der Waals surface area (Å²) in [5, 5.41) is 23.2. The van der Waals surface area contributed by atoms with Crippen LogP contribution in [0, 0.1) is 0 Å². The molecule has 1 aliphatic heterocycles. The molecular formula is C8H11N3O15P3-3. The Morgan fingerprint density at radius 2 is 1.79 bits per heavy atom. The lowest BCUT2D eigenvalue weighted by atomic mass is 10.1. The molecule has 0 aliphatic carbocycles. The van der Waals surface area contributed by atoms with Crippen molar-refractivity contribution in [3.05, 3.63) is 27.0 Å². The number of phosphoric acid groups is 3. The maximum atomic E-state index is 11.7. The monoisotopic (exact) mass is 482 g/mol. The molecule has 1 fully saturated rings. The topological polar surface area (TPSA) is 286 Å². The van der Waals surface area contributed by atoms with E-state index in [0.29, 0.717) is 10.9 Å². The third-order valence-corrected chi connectivity index (χ3v) is 6.82. The van der Waals surface area contributed by atoms with Crippen LogP contribution in [-0.2, 0) is 31.6 Å². The Hall–Kier alpha value is -1.10. The van der Waals surface area contributed by atoms with Gasteiger partial charge in [-0.25, -0.2) is 13.7 Å². The molecule has 18 nitrogen and oxygen atoms in total. The van der Waals surface area contributed by atoms with E-state index in [9.17, 15) is 53.1 Å². The zero-order valence-corrected chi connectivity index (χ0v) is 16.3. The van der Waals surface area contributed by atoms with E-state index in [0.717, 1.165) is 0 Å². The second-order valence-corrected chi connectivity index (χ2v) is 9.54. The molecule has 0 saturated carbocycles. The minimum atomic E-state index is -6.13. The van der Waals surface area contributed by atoms with Crippen molar-refractivity contribution >= 4 is 23.5 Å². The van der Waals surface area contributed by atoms with Gasteiger partial charge in [-0.15, -0.1) is 0 Å². The lowest BCUT2D eigenvalue weighted by Gasteiger charge is -2.35. The second kappa shape index (κ2) is 8.56. The fourth-order valence-corrected chi connectivity index (χ4v) is 4.97. The number of aromatic amines is 1. The lowest BCUT2D eigenvalue weighted by Crippen LogP contribution is -2.39. The fraction of sp³-hybridized carbons (Fsp3) is 0.625. The summed E-state index contributed by atoms with van der Waals surface area (Å²) in [6, 6.07) is 0. The van der Waals surface area contributed by atoms with Crippen LogP contribution in [0.4, 0.5) is 0 Å². The van der Waals surface area contributed by atoms with Gasteiger partial charge in [0.25, 0.3) is 13.4 Å². The first-order valence-corrected chi connectivity index (χ1v) is 11.4. The van der Waals surface area contributed by atoms with Crippen molar-refractivity contribution in [2.75, 3.05) is 6.61 Å². The van der Waals surface area contributed by atoms with E-state index in [1.807, 2.05) is 0 Å². The van der Waals surface area contributed by atoms with Crippen LogP contribution in [0.5, 0.6) is 0 Å². The van der Waals surface area contributed by atoms with Gasteiger partial charge < -0.3 is 39.1 Å². The highest BCUT2D eigenvalue weighted by atomic mass is 31.3. The van der Waals surface area contributed by atoms with Crippen LogP contribution in [-0.4, -0.2) is 54.8 Å². The summed E-state index contributed by atoms with van der Waals surface area (Å²) < 4.78 is 49.0. The first kappa shape index (κ1) is 24.2. The second-order valence-electron chi connectivity index (χ2n) is 5.25. The predicted octanol–water partition coefficient (Wildman–Crippen LogP) is -5.00. The molecule has 4 N–H and O–H groups in total. The highest BCUT2D eigenvalue weighted by Crippen LogP contribution is 2.62. The molecule has 0 radical (unpaired) electrons. The Balaban J connectivity index is 2.06. The van der Waals surface area contributed by atoms with Crippen molar-refractivity contribution < 1.29 is 61.4 Å². The van der Waals surface area contributed by atoms with Crippen LogP contribution in [0.25, 0.3) is 0 Å². The summed E-state index contributed by atoms with van der Waals surface area (Å²) in [5.41, 5.74) is -2.00. The molecule has 1 aromatic rings. The third kappa shape index (κ3) is 6.70. The number of aliphatic hydroxyl groups excluding tert-OH is 2. The van der Waals surface area contributed by atoms with Gasteiger partial charge in [0.1, 0.15) is 24.5 Å². The molecule has 6 unspecified atom stereocenters. The minimum absolute atomic E-state index is 0.435. The maximum absolute atomic E-state index is 11.7. The largest absolute Gasteiger partial charge is 0.790 e. The van der Waals surface area contributed by atoms with E-state index >= 15 is 0 Å². The summed E-state index contributed by atoms with van der Waals surface area (Å²) in [5.74, 6) is 0. The van der Waals surface area contributed by atoms with E-state index < -0.39 is 65.9 Å². The number of aliphatic hydroxyl groups is 2. The van der Waals surface area contributed by atoms with E-state index in [4.69, 9.17) is 4.74 Å². The summed E-state index contributed by atoms with van der Waals surface area (Å²) in [6.45, 7) is -1.13. The summed E-state index contributed by atoms with van der Waals surface area (Å²) in [7, 11) is -17.9. The minimum Gasteiger partial charge on any atom is -0.790 e. The Morgan fingerprint density at radius 1 is 1.17 bits per heavy atom. The molecular weight excluding hydrogens is 471 g/mol. The molecule has 1 saturated heterocycles. The van der Waals surface area contributed by atoms with Crippen molar-refractivity contribution in [3.8, 4) is 0 Å². The Labute approximate surface area is 158 Å². The third-order valence-electron chi connectivity index (χ3n) is 3.12. The Bertz CT molecular complexity index is 999. The van der Waals surface area contributed by atoms with E-state index in [-0.39, 0.29) is 0 Å². The molecule has 2 rings (SSSR count). The highest BCUT2D eigenvalue weighted by molar-refractivity contribution is 7.65. The van der Waals surface area contributed by atoms with Crippen molar-refractivity contribution in [3.63, 3.8) is 0 Å². The van der Waals surface area contributed by atoms with Gasteiger partial charge in [-0.3, -0.25) is 23.2 Å². The Kier molecular flexibility index (Phi) is 7.14. The van der Waals surface area contributed by atoms with Crippen LogP contribution in [0.3, 0.4) is 0 Å². The lowest BCUT2D eigenvalue weighted by molar-refractivity contribution is -0.339. The standard InChI is InChI=1S/C8H14N3O15P3/c12-4-1-9-11(8(15)10-4)7-6(14)5(13)3(24-7)2-23-28(19,20)26-29(21,22)25-27(16,17)18/h1,3,5-7,13-14H,2H2,(H,19,20)(H,21,22)(H,10,12,15)(H2,16,17,18)/p-3. The van der Waals surface area contributed by atoms with Gasteiger partial charge in [0.2, 0.25) is 0 Å². The van der Waals surface area contributed by atoms with Gasteiger partial charge >= 0.3 is 13.5 Å². The fourth-order valence-electron chi connectivity index (χ4n) is 2.07. The molecule has 0 bridgehead atoms. The zero-order chi connectivity index (χ0) is 22.2. The van der Waals surface area contributed by atoms with Crippen LogP contribution in [0.2, 0.25) is 0 Å². The highest BCUT2D eigenvalue weighted by Gasteiger charge is 2.46. The smallest absolute Gasteiger partial charge is 0.478 e. The first-order chi connectivity index (χ1) is 13.1. The van der Waals surface area contributed by atoms with Crippen LogP contribution < -0.4 is 25.9 Å². The maximum Gasteiger partial charge on any atom is 0.478 e. The van der Waals surface area contributed by atoms with Crippen molar-refractivity contribution in [2.24, 2.45) is 0 Å². The van der Waals surface area contributed by atoms with Gasteiger partial charge in [0.15, 0.2) is 6.23 Å². The molecule has 0 amide bonds. The number of ether oxygens (including phenoxy) is 1. The summed E-state index contributed by atoms with van der Waals surface area (Å²) in [6.07, 6.45) is -6.39. The van der Waals surface area contributed by atoms with Gasteiger partial charge in [-0.05, 0) is 0 Å². The van der Waals surface area contributed by atoms with Gasteiger partial charge in [0, 0.05) is 0 Å². The molecule has 1 aliphatic rings. The molecule has 2 heterocycles. The molecule has 29 heavy (non-hydrogen) atoms. The quantitative estimate of drug-likeness (QED) is 0.252. The van der Waals surface area contributed by atoms with E-state index in [1.165, 1.54) is 0 Å². The average Bonchev–Trinajstić information content (AvgIpc) is 2.78.